The van der Waals surface area contributed by atoms with Gasteiger partial charge in [-0.05, 0) is 31.3 Å². The first-order valence-corrected chi connectivity index (χ1v) is 7.42. The zero-order valence-corrected chi connectivity index (χ0v) is 13.3. The van der Waals surface area contributed by atoms with E-state index in [0.717, 1.165) is 23.5 Å². The lowest BCUT2D eigenvalue weighted by Gasteiger charge is -2.52. The normalized spacial score (nSPS) is 26.7. The molecule has 1 fully saturated rings. The maximum atomic E-state index is 6.28. The molecule has 0 aromatic heterocycles. The third kappa shape index (κ3) is 2.42. The van der Waals surface area contributed by atoms with E-state index in [1.165, 1.54) is 0 Å². The molecular weight excluding hydrogens is 288 g/mol. The quantitative estimate of drug-likeness (QED) is 0.859. The highest BCUT2D eigenvalue weighted by molar-refractivity contribution is 7.80. The van der Waals surface area contributed by atoms with Crippen LogP contribution in [0.4, 0.5) is 0 Å². The Labute approximate surface area is 130 Å². The maximum Gasteiger partial charge on any atom is 0.184 e. The molecule has 1 saturated heterocycles. The smallest absolute Gasteiger partial charge is 0.184 e. The van der Waals surface area contributed by atoms with Crippen LogP contribution in [0.25, 0.3) is 0 Å². The summed E-state index contributed by atoms with van der Waals surface area (Å²) in [5, 5.41) is 4.12. The van der Waals surface area contributed by atoms with Crippen LogP contribution >= 0.6 is 12.2 Å². The summed E-state index contributed by atoms with van der Waals surface area (Å²) >= 11 is 5.50. The molecule has 2 atom stereocenters. The van der Waals surface area contributed by atoms with E-state index in [2.05, 4.69) is 17.1 Å². The summed E-state index contributed by atoms with van der Waals surface area (Å²) in [6, 6.07) is 6.10. The third-order valence-electron chi connectivity index (χ3n) is 4.14. The van der Waals surface area contributed by atoms with Gasteiger partial charge in [-0.1, -0.05) is 0 Å². The summed E-state index contributed by atoms with van der Waals surface area (Å²) in [7, 11) is 3.35. The minimum Gasteiger partial charge on any atom is -0.497 e. The van der Waals surface area contributed by atoms with Crippen LogP contribution in [0.5, 0.6) is 11.5 Å². The van der Waals surface area contributed by atoms with Crippen LogP contribution in [0.2, 0.25) is 0 Å². The molecule has 21 heavy (non-hydrogen) atoms. The third-order valence-corrected chi connectivity index (χ3v) is 4.48. The Morgan fingerprint density at radius 1 is 1.48 bits per heavy atom. The van der Waals surface area contributed by atoms with Gasteiger partial charge in [0.2, 0.25) is 0 Å². The first kappa shape index (κ1) is 14.4. The van der Waals surface area contributed by atoms with E-state index < -0.39 is 5.72 Å². The molecule has 1 aromatic carbocycles. The van der Waals surface area contributed by atoms with Gasteiger partial charge in [-0.2, -0.15) is 0 Å². The molecule has 2 aliphatic heterocycles. The summed E-state index contributed by atoms with van der Waals surface area (Å²) in [6.07, 6.45) is 0.843. The van der Waals surface area contributed by atoms with Gasteiger partial charge >= 0.3 is 0 Å². The molecule has 5 nitrogen and oxygen atoms in total. The van der Waals surface area contributed by atoms with Gasteiger partial charge in [0, 0.05) is 31.7 Å². The van der Waals surface area contributed by atoms with E-state index >= 15 is 0 Å². The van der Waals surface area contributed by atoms with Crippen molar-refractivity contribution in [1.29, 1.82) is 0 Å². The molecule has 0 spiro atoms. The van der Waals surface area contributed by atoms with Gasteiger partial charge in [0.25, 0.3) is 0 Å². The van der Waals surface area contributed by atoms with Crippen LogP contribution in [0.15, 0.2) is 18.2 Å². The SMILES string of the molecule is COCCN1C(=S)NC2CC1(C)Oc1cc(OC)ccc12. The molecule has 2 bridgehead atoms. The van der Waals surface area contributed by atoms with Gasteiger partial charge in [-0.3, -0.25) is 0 Å². The summed E-state index contributed by atoms with van der Waals surface area (Å²) in [5.74, 6) is 1.65. The van der Waals surface area contributed by atoms with Crippen LogP contribution in [0, 0.1) is 0 Å². The predicted octanol–water partition coefficient (Wildman–Crippen LogP) is 2.07. The van der Waals surface area contributed by atoms with E-state index in [0.29, 0.717) is 18.3 Å². The van der Waals surface area contributed by atoms with Crippen molar-refractivity contribution >= 4 is 17.3 Å². The van der Waals surface area contributed by atoms with Crippen molar-refractivity contribution in [2.75, 3.05) is 27.4 Å². The summed E-state index contributed by atoms with van der Waals surface area (Å²) < 4.78 is 16.7. The Morgan fingerprint density at radius 2 is 2.29 bits per heavy atom. The summed E-state index contributed by atoms with van der Waals surface area (Å²) in [5.41, 5.74) is 0.673. The van der Waals surface area contributed by atoms with Crippen molar-refractivity contribution in [3.63, 3.8) is 0 Å². The lowest BCUT2D eigenvalue weighted by Crippen LogP contribution is -2.65. The standard InChI is InChI=1S/C15H20N2O3S/c1-15-9-12(16-14(21)17(15)6-7-18-2)11-5-4-10(19-3)8-13(11)20-15/h4-5,8,12H,6-7,9H2,1-3H3,(H,16,21). The molecule has 1 aromatic rings. The average molecular weight is 308 g/mol. The molecular formula is C15H20N2O3S. The fourth-order valence-corrected chi connectivity index (χ4v) is 3.47. The number of benzene rings is 1. The summed E-state index contributed by atoms with van der Waals surface area (Å²) in [4.78, 5) is 2.06. The largest absolute Gasteiger partial charge is 0.497 e. The van der Waals surface area contributed by atoms with Gasteiger partial charge in [0.1, 0.15) is 11.5 Å². The predicted molar refractivity (Wildman–Crippen MR) is 83.7 cm³/mol. The second kappa shape index (κ2) is 5.35. The first-order valence-electron chi connectivity index (χ1n) is 7.01. The van der Waals surface area contributed by atoms with Crippen LogP contribution in [0.1, 0.15) is 24.9 Å². The van der Waals surface area contributed by atoms with E-state index in [1.807, 2.05) is 18.2 Å². The topological polar surface area (TPSA) is 43.0 Å². The van der Waals surface area contributed by atoms with Crippen molar-refractivity contribution in [3.8, 4) is 11.5 Å². The molecule has 0 amide bonds. The minimum absolute atomic E-state index is 0.177. The van der Waals surface area contributed by atoms with E-state index in [-0.39, 0.29) is 6.04 Å². The molecule has 2 unspecified atom stereocenters. The molecule has 0 aliphatic carbocycles. The van der Waals surface area contributed by atoms with Gasteiger partial charge in [-0.25, -0.2) is 0 Å². The Morgan fingerprint density at radius 3 is 3.00 bits per heavy atom. The highest BCUT2D eigenvalue weighted by Gasteiger charge is 2.47. The number of ether oxygens (including phenoxy) is 3. The van der Waals surface area contributed by atoms with Crippen LogP contribution in [0.3, 0.4) is 0 Å². The van der Waals surface area contributed by atoms with Crippen LogP contribution in [-0.2, 0) is 4.74 Å². The van der Waals surface area contributed by atoms with E-state index in [9.17, 15) is 0 Å². The molecule has 114 valence electrons. The Bertz CT molecular complexity index is 566. The number of fused-ring (bicyclic) bond motifs is 4. The van der Waals surface area contributed by atoms with Gasteiger partial charge in [-0.15, -0.1) is 0 Å². The van der Waals surface area contributed by atoms with Crippen molar-refractivity contribution in [2.45, 2.75) is 25.1 Å². The highest BCUT2D eigenvalue weighted by atomic mass is 32.1. The first-order chi connectivity index (χ1) is 10.1. The second-order valence-corrected chi connectivity index (χ2v) is 5.92. The number of nitrogens with one attached hydrogen (secondary N) is 1. The number of rotatable bonds is 4. The minimum atomic E-state index is -0.453. The van der Waals surface area contributed by atoms with Crippen molar-refractivity contribution < 1.29 is 14.2 Å². The Balaban J connectivity index is 1.95. The molecule has 0 saturated carbocycles. The number of thiocarbonyl (C=S) groups is 1. The fourth-order valence-electron chi connectivity index (χ4n) is 3.04. The van der Waals surface area contributed by atoms with Crippen molar-refractivity contribution in [1.82, 2.24) is 10.2 Å². The van der Waals surface area contributed by atoms with Crippen LogP contribution in [-0.4, -0.2) is 43.1 Å². The van der Waals surface area contributed by atoms with E-state index in [4.69, 9.17) is 26.4 Å². The fraction of sp³-hybridized carbons (Fsp3) is 0.533. The van der Waals surface area contributed by atoms with Crippen molar-refractivity contribution in [3.05, 3.63) is 23.8 Å². The zero-order chi connectivity index (χ0) is 15.0. The average Bonchev–Trinajstić information content (AvgIpc) is 2.45. The molecule has 3 rings (SSSR count). The molecule has 1 N–H and O–H groups in total. The van der Waals surface area contributed by atoms with Crippen LogP contribution < -0.4 is 14.8 Å². The Kier molecular flexibility index (Phi) is 3.67. The Hall–Kier alpha value is -1.53. The van der Waals surface area contributed by atoms with Crippen molar-refractivity contribution in [2.24, 2.45) is 0 Å². The number of hydrogen-bond donors (Lipinski definition) is 1. The molecule has 2 heterocycles. The zero-order valence-electron chi connectivity index (χ0n) is 12.5. The highest BCUT2D eigenvalue weighted by Crippen LogP contribution is 2.45. The molecule has 6 heteroatoms. The van der Waals surface area contributed by atoms with E-state index in [1.54, 1.807) is 14.2 Å². The second-order valence-electron chi connectivity index (χ2n) is 5.53. The maximum absolute atomic E-state index is 6.28. The monoisotopic (exact) mass is 308 g/mol. The van der Waals surface area contributed by atoms with Gasteiger partial charge in [0.05, 0.1) is 19.8 Å². The molecule has 0 radical (unpaired) electrons. The summed E-state index contributed by atoms with van der Waals surface area (Å²) in [6.45, 7) is 3.38. The molecule has 2 aliphatic rings. The number of nitrogens with zero attached hydrogens (tertiary/aromatic N) is 1. The number of methoxy groups -OCH3 is 2. The van der Waals surface area contributed by atoms with Gasteiger partial charge in [0.15, 0.2) is 10.8 Å². The van der Waals surface area contributed by atoms with Gasteiger partial charge < -0.3 is 24.4 Å². The lowest BCUT2D eigenvalue weighted by molar-refractivity contribution is -0.0741. The lowest BCUT2D eigenvalue weighted by atomic mass is 9.90. The number of hydrogen-bond acceptors (Lipinski definition) is 4.